The van der Waals surface area contributed by atoms with E-state index in [1.165, 1.54) is 10.5 Å². The molecule has 0 nitrogen and oxygen atoms in total. The summed E-state index contributed by atoms with van der Waals surface area (Å²) in [7, 11) is 0. The molecule has 1 rings (SSSR count). The molecule has 0 fully saturated rings. The summed E-state index contributed by atoms with van der Waals surface area (Å²) in [5.41, 5.74) is 2.37. The molecule has 0 spiro atoms. The first kappa shape index (κ1) is 8.41. The zero-order chi connectivity index (χ0) is 8.27. The maximum atomic E-state index is 3.64. The van der Waals surface area contributed by atoms with Crippen LogP contribution in [0, 0.1) is 13.0 Å². The molecule has 0 N–H and O–H groups in total. The summed E-state index contributed by atoms with van der Waals surface area (Å²) in [6.07, 6.45) is 4.98. The molecule has 1 radical (unpaired) electrons. The van der Waals surface area contributed by atoms with Gasteiger partial charge in [-0.15, -0.1) is 11.8 Å². The number of benzene rings is 1. The molecule has 11 heavy (non-hydrogen) atoms. The third-order valence-corrected chi connectivity index (χ3v) is 2.34. The molecule has 0 saturated heterocycles. The normalized spacial score (nSPS) is 9.64. The van der Waals surface area contributed by atoms with Crippen LogP contribution >= 0.6 is 11.8 Å². The maximum Gasteiger partial charge on any atom is 0.0148 e. The second-order valence-electron chi connectivity index (χ2n) is 2.38. The van der Waals surface area contributed by atoms with Crippen molar-refractivity contribution in [1.29, 1.82) is 0 Å². The predicted molar refractivity (Wildman–Crippen MR) is 50.9 cm³/mol. The van der Waals surface area contributed by atoms with E-state index in [0.717, 1.165) is 5.56 Å². The van der Waals surface area contributed by atoms with E-state index in [9.17, 15) is 0 Å². The van der Waals surface area contributed by atoms with Crippen molar-refractivity contribution >= 4 is 11.8 Å². The number of hydrogen-bond donors (Lipinski definition) is 0. The summed E-state index contributed by atoms with van der Waals surface area (Å²) >= 11 is 1.73. The molecule has 0 aliphatic carbocycles. The van der Waals surface area contributed by atoms with Crippen LogP contribution in [0.4, 0.5) is 0 Å². The summed E-state index contributed by atoms with van der Waals surface area (Å²) in [6, 6.07) is 6.30. The van der Waals surface area contributed by atoms with Crippen molar-refractivity contribution < 1.29 is 0 Å². The third kappa shape index (κ3) is 1.87. The van der Waals surface area contributed by atoms with E-state index >= 15 is 0 Å². The highest BCUT2D eigenvalue weighted by Gasteiger charge is 1.96. The molecule has 0 amide bonds. The van der Waals surface area contributed by atoms with Crippen LogP contribution < -0.4 is 0 Å². The maximum absolute atomic E-state index is 3.64. The Bertz CT molecular complexity index is 264. The number of aryl methyl sites for hydroxylation is 1. The lowest BCUT2D eigenvalue weighted by Gasteiger charge is -2.02. The fourth-order valence-corrected chi connectivity index (χ4v) is 1.52. The molecular weight excluding hydrogens is 152 g/mol. The third-order valence-electron chi connectivity index (χ3n) is 1.55. The van der Waals surface area contributed by atoms with Gasteiger partial charge in [-0.25, -0.2) is 0 Å². The van der Waals surface area contributed by atoms with Crippen LogP contribution in [0.2, 0.25) is 0 Å². The smallest absolute Gasteiger partial charge is 0.0148 e. The molecule has 1 aromatic carbocycles. The van der Waals surface area contributed by atoms with Crippen molar-refractivity contribution in [3.05, 3.63) is 42.0 Å². The lowest BCUT2D eigenvalue weighted by atomic mass is 10.1. The van der Waals surface area contributed by atoms with Crippen molar-refractivity contribution in [2.45, 2.75) is 11.8 Å². The molecular formula is C10H11S. The molecule has 0 atom stereocenters. The molecule has 0 aliphatic heterocycles. The predicted octanol–water partition coefficient (Wildman–Crippen LogP) is 3.05. The van der Waals surface area contributed by atoms with Crippen molar-refractivity contribution in [2.75, 3.05) is 6.26 Å². The second-order valence-corrected chi connectivity index (χ2v) is 3.23. The molecule has 1 heteroatoms. The van der Waals surface area contributed by atoms with Crippen LogP contribution in [0.3, 0.4) is 0 Å². The first-order valence-corrected chi connectivity index (χ1v) is 4.68. The van der Waals surface area contributed by atoms with E-state index in [2.05, 4.69) is 44.0 Å². The van der Waals surface area contributed by atoms with Crippen molar-refractivity contribution in [1.82, 2.24) is 0 Å². The Morgan fingerprint density at radius 3 is 2.73 bits per heavy atom. The van der Waals surface area contributed by atoms with E-state index in [4.69, 9.17) is 0 Å². The molecule has 0 aromatic heterocycles. The summed E-state index contributed by atoms with van der Waals surface area (Å²) in [6.45, 7) is 5.72. The van der Waals surface area contributed by atoms with Gasteiger partial charge in [0.1, 0.15) is 0 Å². The molecule has 1 aromatic rings. The number of thioether (sulfide) groups is 1. The lowest BCUT2D eigenvalue weighted by Crippen LogP contribution is -1.81. The first-order chi connectivity index (χ1) is 5.27. The van der Waals surface area contributed by atoms with Gasteiger partial charge in [-0.2, -0.15) is 0 Å². The zero-order valence-corrected chi connectivity index (χ0v) is 7.66. The standard InChI is InChI=1S/C10H11S/c1-4-9-7-8(2)5-6-10(9)11-3/h5-7H,1H2,2-3H3. The van der Waals surface area contributed by atoms with Gasteiger partial charge in [0.25, 0.3) is 0 Å². The SMILES string of the molecule is C=[C]c1cc(C)ccc1SC. The summed E-state index contributed by atoms with van der Waals surface area (Å²) < 4.78 is 0. The Morgan fingerprint density at radius 2 is 2.18 bits per heavy atom. The van der Waals surface area contributed by atoms with Crippen LogP contribution in [-0.2, 0) is 0 Å². The van der Waals surface area contributed by atoms with Gasteiger partial charge in [0.15, 0.2) is 0 Å². The van der Waals surface area contributed by atoms with Crippen LogP contribution in [0.15, 0.2) is 29.7 Å². The van der Waals surface area contributed by atoms with Gasteiger partial charge in [0.2, 0.25) is 0 Å². The first-order valence-electron chi connectivity index (χ1n) is 3.45. The van der Waals surface area contributed by atoms with Crippen molar-refractivity contribution in [3.63, 3.8) is 0 Å². The summed E-state index contributed by atoms with van der Waals surface area (Å²) in [4.78, 5) is 1.24. The Balaban J connectivity index is 3.16. The Kier molecular flexibility index (Phi) is 2.77. The summed E-state index contributed by atoms with van der Waals surface area (Å²) in [5, 5.41) is 0. The Labute approximate surface area is 72.3 Å². The second kappa shape index (κ2) is 3.63. The van der Waals surface area contributed by atoms with E-state index < -0.39 is 0 Å². The molecule has 0 unspecified atom stereocenters. The Morgan fingerprint density at radius 1 is 1.45 bits per heavy atom. The van der Waals surface area contributed by atoms with E-state index in [-0.39, 0.29) is 0 Å². The van der Waals surface area contributed by atoms with Gasteiger partial charge in [-0.05, 0) is 30.9 Å². The van der Waals surface area contributed by atoms with Crippen LogP contribution in [-0.4, -0.2) is 6.26 Å². The van der Waals surface area contributed by atoms with Crippen LogP contribution in [0.25, 0.3) is 0 Å². The zero-order valence-electron chi connectivity index (χ0n) is 6.85. The molecule has 0 saturated carbocycles. The highest BCUT2D eigenvalue weighted by Crippen LogP contribution is 2.20. The van der Waals surface area contributed by atoms with Gasteiger partial charge < -0.3 is 0 Å². The van der Waals surface area contributed by atoms with E-state index in [1.54, 1.807) is 11.8 Å². The summed E-state index contributed by atoms with van der Waals surface area (Å²) in [5.74, 6) is 0. The largest absolute Gasteiger partial charge is 0.129 e. The highest BCUT2D eigenvalue weighted by molar-refractivity contribution is 7.98. The number of hydrogen-bond acceptors (Lipinski definition) is 1. The van der Waals surface area contributed by atoms with Crippen molar-refractivity contribution in [3.8, 4) is 0 Å². The average Bonchev–Trinajstić information content (AvgIpc) is 2.04. The van der Waals surface area contributed by atoms with Crippen LogP contribution in [0.5, 0.6) is 0 Å². The van der Waals surface area contributed by atoms with Gasteiger partial charge in [0.05, 0.1) is 0 Å². The Hall–Kier alpha value is -0.690. The minimum Gasteiger partial charge on any atom is -0.129 e. The fourth-order valence-electron chi connectivity index (χ4n) is 0.960. The average molecular weight is 163 g/mol. The lowest BCUT2D eigenvalue weighted by molar-refractivity contribution is 1.32. The van der Waals surface area contributed by atoms with Crippen LogP contribution in [0.1, 0.15) is 11.1 Å². The molecule has 0 bridgehead atoms. The van der Waals surface area contributed by atoms with Gasteiger partial charge in [0, 0.05) is 4.90 Å². The number of rotatable bonds is 2. The van der Waals surface area contributed by atoms with Crippen molar-refractivity contribution in [2.24, 2.45) is 0 Å². The quantitative estimate of drug-likeness (QED) is 0.604. The van der Waals surface area contributed by atoms with E-state index in [1.807, 2.05) is 0 Å². The van der Waals surface area contributed by atoms with Gasteiger partial charge >= 0.3 is 0 Å². The highest BCUT2D eigenvalue weighted by atomic mass is 32.2. The fraction of sp³-hybridized carbons (Fsp3) is 0.200. The van der Waals surface area contributed by atoms with E-state index in [0.29, 0.717) is 0 Å². The van der Waals surface area contributed by atoms with Gasteiger partial charge in [-0.3, -0.25) is 0 Å². The minimum absolute atomic E-state index is 1.11. The monoisotopic (exact) mass is 163 g/mol. The topological polar surface area (TPSA) is 0 Å². The molecule has 57 valence electrons. The van der Waals surface area contributed by atoms with Gasteiger partial charge in [-0.1, -0.05) is 24.3 Å². The molecule has 0 aliphatic rings. The minimum atomic E-state index is 1.11. The molecule has 0 heterocycles.